The Labute approximate surface area is 128 Å². The highest BCUT2D eigenvalue weighted by Crippen LogP contribution is 2.31. The fourth-order valence-corrected chi connectivity index (χ4v) is 2.92. The number of rotatable bonds is 5. The molecule has 2 aromatic rings. The van der Waals surface area contributed by atoms with E-state index in [1.165, 1.54) is 0 Å². The molecule has 0 fully saturated rings. The lowest BCUT2D eigenvalue weighted by Crippen LogP contribution is -2.09. The van der Waals surface area contributed by atoms with Gasteiger partial charge in [0.05, 0.1) is 21.1 Å². The number of aryl methyl sites for hydroxylation is 1. The molecule has 0 aliphatic rings. The molecule has 5 heteroatoms. The van der Waals surface area contributed by atoms with Crippen LogP contribution in [-0.2, 0) is 6.42 Å². The summed E-state index contributed by atoms with van der Waals surface area (Å²) in [5.74, 6) is 1.56. The number of fused-ring (bicyclic) bond motifs is 1. The molecule has 1 aromatic carbocycles. The third kappa shape index (κ3) is 3.01. The van der Waals surface area contributed by atoms with E-state index in [1.807, 2.05) is 12.1 Å². The highest BCUT2D eigenvalue weighted by molar-refractivity contribution is 6.42. The van der Waals surface area contributed by atoms with Crippen LogP contribution in [-0.4, -0.2) is 15.4 Å². The number of nitrogens with zero attached hydrogens (tertiary/aromatic N) is 2. The van der Waals surface area contributed by atoms with E-state index < -0.39 is 0 Å². The molecule has 0 saturated heterocycles. The number of imidazole rings is 1. The summed E-state index contributed by atoms with van der Waals surface area (Å²) < 4.78 is 2.24. The van der Waals surface area contributed by atoms with E-state index in [0.29, 0.717) is 22.0 Å². The zero-order chi connectivity index (χ0) is 14.0. The number of aromatic nitrogens is 2. The predicted molar refractivity (Wildman–Crippen MR) is 83.8 cm³/mol. The Kier molecular flexibility index (Phi) is 4.99. The zero-order valence-corrected chi connectivity index (χ0v) is 13.4. The lowest BCUT2D eigenvalue weighted by molar-refractivity contribution is 0.496. The molecule has 1 aromatic heterocycles. The Morgan fingerprint density at radius 1 is 1.26 bits per heavy atom. The fraction of sp³-hybridized carbons (Fsp3) is 0.500. The second-order valence-electron chi connectivity index (χ2n) is 4.73. The molecule has 1 heterocycles. The summed E-state index contributed by atoms with van der Waals surface area (Å²) in [6, 6.07) is 4.10. The summed E-state index contributed by atoms with van der Waals surface area (Å²) in [4.78, 5) is 4.64. The topological polar surface area (TPSA) is 17.8 Å². The fourth-order valence-electron chi connectivity index (χ4n) is 2.44. The Morgan fingerprint density at radius 3 is 2.58 bits per heavy atom. The molecule has 2 nitrogen and oxygen atoms in total. The molecule has 19 heavy (non-hydrogen) atoms. The normalized spacial score (nSPS) is 13.1. The molecule has 2 rings (SSSR count). The monoisotopic (exact) mass is 318 g/mol. The van der Waals surface area contributed by atoms with Gasteiger partial charge in [0.15, 0.2) is 0 Å². The van der Waals surface area contributed by atoms with Crippen molar-refractivity contribution in [3.05, 3.63) is 28.0 Å². The third-order valence-electron chi connectivity index (χ3n) is 3.27. The van der Waals surface area contributed by atoms with Crippen LogP contribution in [0.15, 0.2) is 12.1 Å². The van der Waals surface area contributed by atoms with Gasteiger partial charge in [0.25, 0.3) is 0 Å². The maximum atomic E-state index is 6.13. The number of halogens is 3. The summed E-state index contributed by atoms with van der Waals surface area (Å²) in [7, 11) is 0. The summed E-state index contributed by atoms with van der Waals surface area (Å²) >= 11 is 18.1. The average molecular weight is 320 g/mol. The van der Waals surface area contributed by atoms with Crippen LogP contribution in [0, 0.1) is 0 Å². The molecule has 0 radical (unpaired) electrons. The van der Waals surface area contributed by atoms with Crippen LogP contribution in [0.3, 0.4) is 0 Å². The molecule has 1 atom stereocenters. The van der Waals surface area contributed by atoms with Crippen molar-refractivity contribution in [1.29, 1.82) is 0 Å². The van der Waals surface area contributed by atoms with E-state index >= 15 is 0 Å². The van der Waals surface area contributed by atoms with Crippen LogP contribution in [0.2, 0.25) is 10.0 Å². The molecule has 104 valence electrons. The van der Waals surface area contributed by atoms with Crippen molar-refractivity contribution in [3.8, 4) is 0 Å². The van der Waals surface area contributed by atoms with Crippen molar-refractivity contribution in [2.75, 3.05) is 5.88 Å². The highest BCUT2D eigenvalue weighted by Gasteiger charge is 2.16. The first-order chi connectivity index (χ1) is 9.08. The first-order valence-electron chi connectivity index (χ1n) is 6.50. The largest absolute Gasteiger partial charge is 0.325 e. The van der Waals surface area contributed by atoms with Crippen LogP contribution >= 0.6 is 34.8 Å². The van der Waals surface area contributed by atoms with E-state index in [2.05, 4.69) is 23.4 Å². The minimum Gasteiger partial charge on any atom is -0.325 e. The van der Waals surface area contributed by atoms with Gasteiger partial charge >= 0.3 is 0 Å². The molecule has 0 aliphatic carbocycles. The minimum atomic E-state index is 0.380. The lowest BCUT2D eigenvalue weighted by atomic mass is 10.2. The van der Waals surface area contributed by atoms with E-state index in [0.717, 1.165) is 36.1 Å². The molecule has 0 N–H and O–H groups in total. The molecular formula is C14H17Cl3N2. The molecule has 0 aliphatic heterocycles. The van der Waals surface area contributed by atoms with Crippen LogP contribution in [0.4, 0.5) is 0 Å². The van der Waals surface area contributed by atoms with E-state index in [9.17, 15) is 0 Å². The number of alkyl halides is 1. The Morgan fingerprint density at radius 2 is 1.95 bits per heavy atom. The Hall–Kier alpha value is -0.440. The van der Waals surface area contributed by atoms with Crippen molar-refractivity contribution in [1.82, 2.24) is 9.55 Å². The molecule has 0 spiro atoms. The van der Waals surface area contributed by atoms with Crippen LogP contribution in [0.25, 0.3) is 11.0 Å². The van der Waals surface area contributed by atoms with Gasteiger partial charge in [-0.25, -0.2) is 4.98 Å². The Balaban J connectivity index is 2.61. The quantitative estimate of drug-likeness (QED) is 0.667. The van der Waals surface area contributed by atoms with E-state index in [-0.39, 0.29) is 0 Å². The molecular weight excluding hydrogens is 303 g/mol. The first-order valence-corrected chi connectivity index (χ1v) is 7.79. The van der Waals surface area contributed by atoms with Gasteiger partial charge in [-0.1, -0.05) is 36.5 Å². The molecule has 0 saturated carbocycles. The molecule has 0 bridgehead atoms. The van der Waals surface area contributed by atoms with Gasteiger partial charge in [-0.3, -0.25) is 0 Å². The van der Waals surface area contributed by atoms with Crippen molar-refractivity contribution < 1.29 is 0 Å². The summed E-state index contributed by atoms with van der Waals surface area (Å²) in [6.45, 7) is 4.38. The second kappa shape index (κ2) is 6.34. The number of benzene rings is 1. The summed E-state index contributed by atoms with van der Waals surface area (Å²) in [6.07, 6.45) is 2.98. The number of hydrogen-bond donors (Lipinski definition) is 0. The standard InChI is InChI=1S/C14H17Cl3N2/c1-3-4-9(2)19-13-8-11(17)10(16)7-12(13)18-14(19)5-6-15/h7-9H,3-6H2,1-2H3. The van der Waals surface area contributed by atoms with Crippen LogP contribution in [0.1, 0.15) is 38.6 Å². The van der Waals surface area contributed by atoms with Crippen molar-refractivity contribution >= 4 is 45.8 Å². The smallest absolute Gasteiger partial charge is 0.111 e. The second-order valence-corrected chi connectivity index (χ2v) is 5.92. The lowest BCUT2D eigenvalue weighted by Gasteiger charge is -2.16. The maximum Gasteiger partial charge on any atom is 0.111 e. The maximum absolute atomic E-state index is 6.13. The highest BCUT2D eigenvalue weighted by atomic mass is 35.5. The van der Waals surface area contributed by atoms with Gasteiger partial charge in [-0.2, -0.15) is 0 Å². The van der Waals surface area contributed by atoms with Crippen molar-refractivity contribution in [3.63, 3.8) is 0 Å². The Bertz CT molecular complexity index is 578. The SMILES string of the molecule is CCCC(C)n1c(CCCl)nc2cc(Cl)c(Cl)cc21. The predicted octanol–water partition coefficient (Wildman–Crippen LogP) is 5.49. The first kappa shape index (κ1) is 15.0. The molecule has 1 unspecified atom stereocenters. The molecule has 0 amide bonds. The zero-order valence-electron chi connectivity index (χ0n) is 11.1. The van der Waals surface area contributed by atoms with E-state index in [1.54, 1.807) is 0 Å². The minimum absolute atomic E-state index is 0.380. The summed E-state index contributed by atoms with van der Waals surface area (Å²) in [5.41, 5.74) is 1.92. The van der Waals surface area contributed by atoms with Gasteiger partial charge in [0.1, 0.15) is 5.82 Å². The van der Waals surface area contributed by atoms with E-state index in [4.69, 9.17) is 34.8 Å². The number of hydrogen-bond acceptors (Lipinski definition) is 1. The van der Waals surface area contributed by atoms with Gasteiger partial charge in [-0.15, -0.1) is 11.6 Å². The average Bonchev–Trinajstić information content (AvgIpc) is 2.68. The van der Waals surface area contributed by atoms with Crippen LogP contribution < -0.4 is 0 Å². The third-order valence-corrected chi connectivity index (χ3v) is 4.18. The van der Waals surface area contributed by atoms with Gasteiger partial charge in [-0.05, 0) is 25.5 Å². The summed E-state index contributed by atoms with van der Waals surface area (Å²) in [5, 5.41) is 1.11. The van der Waals surface area contributed by atoms with Crippen LogP contribution in [0.5, 0.6) is 0 Å². The van der Waals surface area contributed by atoms with Gasteiger partial charge in [0.2, 0.25) is 0 Å². The van der Waals surface area contributed by atoms with Gasteiger partial charge < -0.3 is 4.57 Å². The van der Waals surface area contributed by atoms with Crippen molar-refractivity contribution in [2.45, 2.75) is 39.2 Å². The van der Waals surface area contributed by atoms with Crippen molar-refractivity contribution in [2.24, 2.45) is 0 Å². The van der Waals surface area contributed by atoms with Gasteiger partial charge in [0, 0.05) is 18.3 Å².